The predicted octanol–water partition coefficient (Wildman–Crippen LogP) is 1.80. The minimum atomic E-state index is -0.685. The average Bonchev–Trinajstić information content (AvgIpc) is 3.36. The highest BCUT2D eigenvalue weighted by molar-refractivity contribution is 6.08. The summed E-state index contributed by atoms with van der Waals surface area (Å²) in [6, 6.07) is 7.11. The van der Waals surface area contributed by atoms with Gasteiger partial charge < -0.3 is 14.9 Å². The number of rotatable bonds is 4. The van der Waals surface area contributed by atoms with Crippen LogP contribution in [0.5, 0.6) is 5.75 Å². The third-order valence-electron chi connectivity index (χ3n) is 4.80. The molecule has 1 aliphatic carbocycles. The first kappa shape index (κ1) is 14.9. The molecule has 0 bridgehead atoms. The fourth-order valence-electron chi connectivity index (χ4n) is 3.21. The maximum Gasteiger partial charge on any atom is 0.236 e. The molecule has 5 heteroatoms. The predicted molar refractivity (Wildman–Crippen MR) is 83.9 cm³/mol. The van der Waals surface area contributed by atoms with Crippen LogP contribution in [0.1, 0.15) is 26.2 Å². The molecule has 0 atom stereocenters. The summed E-state index contributed by atoms with van der Waals surface area (Å²) in [5.74, 6) is 0.384. The van der Waals surface area contributed by atoms with Crippen LogP contribution in [0.25, 0.3) is 0 Å². The lowest BCUT2D eigenvalue weighted by atomic mass is 9.96. The number of hydrogen-bond acceptors (Lipinski definition) is 4. The first-order valence-electron chi connectivity index (χ1n) is 7.93. The number of aromatic hydroxyl groups is 1. The summed E-state index contributed by atoms with van der Waals surface area (Å²) in [5, 5.41) is 9.34. The van der Waals surface area contributed by atoms with E-state index in [0.717, 1.165) is 31.6 Å². The van der Waals surface area contributed by atoms with E-state index in [1.165, 1.54) is 0 Å². The fraction of sp³-hybridized carbons (Fsp3) is 0.529. The van der Waals surface area contributed by atoms with Gasteiger partial charge in [-0.05, 0) is 37.1 Å². The summed E-state index contributed by atoms with van der Waals surface area (Å²) >= 11 is 0. The van der Waals surface area contributed by atoms with E-state index in [4.69, 9.17) is 0 Å². The zero-order valence-corrected chi connectivity index (χ0v) is 12.9. The van der Waals surface area contributed by atoms with Gasteiger partial charge in [-0.2, -0.15) is 0 Å². The molecule has 5 nitrogen and oxygen atoms in total. The summed E-state index contributed by atoms with van der Waals surface area (Å²) in [6.07, 6.45) is 1.88. The van der Waals surface area contributed by atoms with Crippen LogP contribution in [-0.2, 0) is 9.59 Å². The Balaban J connectivity index is 1.61. The molecule has 22 heavy (non-hydrogen) atoms. The Labute approximate surface area is 130 Å². The number of benzene rings is 1. The quantitative estimate of drug-likeness (QED) is 0.862. The van der Waals surface area contributed by atoms with Crippen molar-refractivity contribution in [3.05, 3.63) is 24.3 Å². The molecule has 0 radical (unpaired) electrons. The van der Waals surface area contributed by atoms with Crippen LogP contribution in [0.3, 0.4) is 0 Å². The number of nitrogens with zero attached hydrogens (tertiary/aromatic N) is 2. The normalized spacial score (nSPS) is 19.9. The summed E-state index contributed by atoms with van der Waals surface area (Å²) in [6.45, 7) is 4.65. The van der Waals surface area contributed by atoms with E-state index in [0.29, 0.717) is 19.5 Å². The van der Waals surface area contributed by atoms with E-state index >= 15 is 0 Å². The average molecular weight is 302 g/mol. The van der Waals surface area contributed by atoms with Crippen LogP contribution in [-0.4, -0.2) is 47.9 Å². The molecule has 1 saturated carbocycles. The smallest absolute Gasteiger partial charge is 0.236 e. The number of ketones is 1. The first-order chi connectivity index (χ1) is 10.6. The number of phenolic OH excluding ortho intramolecular Hbond substituents is 1. The van der Waals surface area contributed by atoms with Gasteiger partial charge >= 0.3 is 0 Å². The monoisotopic (exact) mass is 302 g/mol. The van der Waals surface area contributed by atoms with Gasteiger partial charge in [0.2, 0.25) is 5.91 Å². The van der Waals surface area contributed by atoms with Crippen LogP contribution in [0.15, 0.2) is 24.3 Å². The van der Waals surface area contributed by atoms with Gasteiger partial charge in [0.25, 0.3) is 0 Å². The van der Waals surface area contributed by atoms with Gasteiger partial charge in [-0.15, -0.1) is 0 Å². The van der Waals surface area contributed by atoms with Gasteiger partial charge in [-0.25, -0.2) is 0 Å². The van der Waals surface area contributed by atoms with Crippen molar-refractivity contribution in [3.8, 4) is 5.75 Å². The lowest BCUT2D eigenvalue weighted by Gasteiger charge is -2.37. The number of amides is 1. The zero-order valence-electron chi connectivity index (χ0n) is 12.9. The molecule has 1 aromatic rings. The highest BCUT2D eigenvalue weighted by Crippen LogP contribution is 2.49. The molecule has 1 saturated heterocycles. The lowest BCUT2D eigenvalue weighted by molar-refractivity contribution is -0.143. The van der Waals surface area contributed by atoms with Crippen LogP contribution >= 0.6 is 0 Å². The molecule has 1 heterocycles. The van der Waals surface area contributed by atoms with Crippen molar-refractivity contribution in [2.75, 3.05) is 31.1 Å². The minimum Gasteiger partial charge on any atom is -0.508 e. The Morgan fingerprint density at radius 3 is 2.18 bits per heavy atom. The number of anilines is 1. The number of Topliss-reactive ketones (excluding diaryl/α,β-unsaturated/α-hetero) is 1. The summed E-state index contributed by atoms with van der Waals surface area (Å²) in [4.78, 5) is 28.7. The standard InChI is InChI=1S/C17H22N2O3/c1-2-15(21)17(7-8-17)16(22)19-11-9-18(10-12-19)13-3-5-14(20)6-4-13/h3-6,20H,2,7-12H2,1H3. The van der Waals surface area contributed by atoms with Crippen molar-refractivity contribution < 1.29 is 14.7 Å². The second-order valence-corrected chi connectivity index (χ2v) is 6.15. The molecule has 2 aliphatic rings. The van der Waals surface area contributed by atoms with Crippen LogP contribution in [0.4, 0.5) is 5.69 Å². The Morgan fingerprint density at radius 2 is 1.68 bits per heavy atom. The second-order valence-electron chi connectivity index (χ2n) is 6.15. The molecule has 2 fully saturated rings. The van der Waals surface area contributed by atoms with Crippen molar-refractivity contribution in [1.29, 1.82) is 0 Å². The van der Waals surface area contributed by atoms with Crippen molar-refractivity contribution >= 4 is 17.4 Å². The molecule has 1 aliphatic heterocycles. The number of carbonyl (C=O) groups excluding carboxylic acids is 2. The number of phenols is 1. The molecule has 0 spiro atoms. The SMILES string of the molecule is CCC(=O)C1(C(=O)N2CCN(c3ccc(O)cc3)CC2)CC1. The van der Waals surface area contributed by atoms with Crippen molar-refractivity contribution in [3.63, 3.8) is 0 Å². The van der Waals surface area contributed by atoms with Gasteiger partial charge in [0, 0.05) is 38.3 Å². The summed E-state index contributed by atoms with van der Waals surface area (Å²) in [7, 11) is 0. The molecule has 1 N–H and O–H groups in total. The van der Waals surface area contributed by atoms with Crippen molar-refractivity contribution in [1.82, 2.24) is 4.90 Å². The first-order valence-corrected chi connectivity index (χ1v) is 7.93. The molecule has 0 unspecified atom stereocenters. The molecule has 118 valence electrons. The highest BCUT2D eigenvalue weighted by atomic mass is 16.3. The molecular weight excluding hydrogens is 280 g/mol. The third-order valence-corrected chi connectivity index (χ3v) is 4.80. The number of piperazine rings is 1. The van der Waals surface area contributed by atoms with Crippen LogP contribution in [0, 0.1) is 5.41 Å². The largest absolute Gasteiger partial charge is 0.508 e. The Morgan fingerprint density at radius 1 is 1.09 bits per heavy atom. The Bertz CT molecular complexity index is 570. The Kier molecular flexibility index (Phi) is 3.81. The Hall–Kier alpha value is -2.04. The van der Waals surface area contributed by atoms with Gasteiger partial charge in [-0.3, -0.25) is 9.59 Å². The van der Waals surface area contributed by atoms with E-state index in [9.17, 15) is 14.7 Å². The topological polar surface area (TPSA) is 60.9 Å². The minimum absolute atomic E-state index is 0.0321. The summed E-state index contributed by atoms with van der Waals surface area (Å²) < 4.78 is 0. The molecule has 1 aromatic carbocycles. The van der Waals surface area contributed by atoms with E-state index in [1.807, 2.05) is 24.0 Å². The van der Waals surface area contributed by atoms with Gasteiger partial charge in [0.15, 0.2) is 0 Å². The molecule has 1 amide bonds. The molecule has 3 rings (SSSR count). The van der Waals surface area contributed by atoms with Gasteiger partial charge in [-0.1, -0.05) is 6.92 Å². The van der Waals surface area contributed by atoms with Crippen LogP contribution in [0.2, 0.25) is 0 Å². The van der Waals surface area contributed by atoms with Gasteiger partial charge in [0.1, 0.15) is 16.9 Å². The third kappa shape index (κ3) is 2.56. The maximum absolute atomic E-state index is 12.6. The van der Waals surface area contributed by atoms with Crippen LogP contribution < -0.4 is 4.90 Å². The lowest BCUT2D eigenvalue weighted by Crippen LogP contribution is -2.52. The van der Waals surface area contributed by atoms with E-state index in [1.54, 1.807) is 12.1 Å². The van der Waals surface area contributed by atoms with Crippen molar-refractivity contribution in [2.45, 2.75) is 26.2 Å². The fourth-order valence-corrected chi connectivity index (χ4v) is 3.21. The van der Waals surface area contributed by atoms with Crippen molar-refractivity contribution in [2.24, 2.45) is 5.41 Å². The zero-order chi connectivity index (χ0) is 15.7. The molecule has 0 aromatic heterocycles. The highest BCUT2D eigenvalue weighted by Gasteiger charge is 2.56. The van der Waals surface area contributed by atoms with E-state index < -0.39 is 5.41 Å². The number of hydrogen-bond donors (Lipinski definition) is 1. The van der Waals surface area contributed by atoms with E-state index in [-0.39, 0.29) is 17.4 Å². The maximum atomic E-state index is 12.6. The molecular formula is C17H22N2O3. The van der Waals surface area contributed by atoms with E-state index in [2.05, 4.69) is 4.90 Å². The summed E-state index contributed by atoms with van der Waals surface area (Å²) in [5.41, 5.74) is 0.366. The second kappa shape index (κ2) is 5.63. The van der Waals surface area contributed by atoms with Gasteiger partial charge in [0.05, 0.1) is 0 Å². The number of carbonyl (C=O) groups is 2.